The molecule has 1 N–H and O–H groups in total. The van der Waals surface area contributed by atoms with Gasteiger partial charge in [0, 0.05) is 16.3 Å². The van der Waals surface area contributed by atoms with E-state index in [4.69, 9.17) is 4.42 Å². The highest BCUT2D eigenvalue weighted by atomic mass is 32.2. The van der Waals surface area contributed by atoms with E-state index < -0.39 is 21.7 Å². The minimum atomic E-state index is -3.80. The van der Waals surface area contributed by atoms with Crippen LogP contribution in [0.3, 0.4) is 0 Å². The van der Waals surface area contributed by atoms with E-state index in [2.05, 4.69) is 4.72 Å². The fraction of sp³-hybridized carbons (Fsp3) is 0.0500. The first kappa shape index (κ1) is 17.7. The van der Waals surface area contributed by atoms with Gasteiger partial charge < -0.3 is 4.42 Å². The Morgan fingerprint density at radius 2 is 1.74 bits per heavy atom. The number of thiophene rings is 1. The Morgan fingerprint density at radius 3 is 2.48 bits per heavy atom. The second-order valence-corrected chi connectivity index (χ2v) is 8.63. The summed E-state index contributed by atoms with van der Waals surface area (Å²) in [6.45, 7) is 0. The van der Waals surface area contributed by atoms with Crippen molar-refractivity contribution in [1.82, 2.24) is 4.72 Å². The standard InChI is InChI=1S/C20H15NO4S2/c22-19-11-8-15-13-16(9-10-17(15)25-19)27(23,24)21-20(18-7-4-12-26-18)14-5-2-1-3-6-14/h1-13,20-21H. The molecule has 0 saturated carbocycles. The zero-order valence-electron chi connectivity index (χ0n) is 14.0. The summed E-state index contributed by atoms with van der Waals surface area (Å²) < 4.78 is 33.9. The molecule has 0 fully saturated rings. The highest BCUT2D eigenvalue weighted by Crippen LogP contribution is 2.28. The smallest absolute Gasteiger partial charge is 0.336 e. The molecule has 7 heteroatoms. The lowest BCUT2D eigenvalue weighted by molar-refractivity contribution is 0.560. The number of sulfonamides is 1. The third-order valence-corrected chi connectivity index (χ3v) is 6.49. The molecule has 4 rings (SSSR count). The van der Waals surface area contributed by atoms with Crippen LogP contribution in [0.25, 0.3) is 11.0 Å². The Labute approximate surface area is 160 Å². The van der Waals surface area contributed by atoms with Crippen molar-refractivity contribution in [2.75, 3.05) is 0 Å². The number of rotatable bonds is 5. The molecule has 5 nitrogen and oxygen atoms in total. The van der Waals surface area contributed by atoms with Crippen molar-refractivity contribution in [3.8, 4) is 0 Å². The Kier molecular flexibility index (Phi) is 4.65. The summed E-state index contributed by atoms with van der Waals surface area (Å²) >= 11 is 1.49. The molecule has 0 aliphatic carbocycles. The second kappa shape index (κ2) is 7.11. The van der Waals surface area contributed by atoms with Crippen LogP contribution in [0, 0.1) is 0 Å². The number of nitrogens with one attached hydrogen (secondary N) is 1. The largest absolute Gasteiger partial charge is 0.423 e. The first-order valence-electron chi connectivity index (χ1n) is 8.17. The van der Waals surface area contributed by atoms with Crippen molar-refractivity contribution in [3.63, 3.8) is 0 Å². The van der Waals surface area contributed by atoms with Gasteiger partial charge in [-0.1, -0.05) is 36.4 Å². The minimum Gasteiger partial charge on any atom is -0.423 e. The summed E-state index contributed by atoms with van der Waals surface area (Å²) in [6, 6.07) is 20.0. The molecule has 0 aliphatic rings. The maximum Gasteiger partial charge on any atom is 0.336 e. The van der Waals surface area contributed by atoms with Crippen LogP contribution < -0.4 is 10.3 Å². The van der Waals surface area contributed by atoms with E-state index in [0.717, 1.165) is 10.4 Å². The molecule has 0 aliphatic heterocycles. The number of hydrogen-bond acceptors (Lipinski definition) is 5. The molecule has 0 bridgehead atoms. The second-order valence-electron chi connectivity index (χ2n) is 5.93. The maximum absolute atomic E-state index is 13.0. The Bertz CT molecular complexity index is 1230. The summed E-state index contributed by atoms with van der Waals surface area (Å²) in [7, 11) is -3.80. The van der Waals surface area contributed by atoms with Crippen molar-refractivity contribution >= 4 is 32.3 Å². The van der Waals surface area contributed by atoms with Gasteiger partial charge in [0.15, 0.2) is 0 Å². The molecule has 0 saturated heterocycles. The lowest BCUT2D eigenvalue weighted by Gasteiger charge is -2.18. The molecule has 27 heavy (non-hydrogen) atoms. The number of hydrogen-bond donors (Lipinski definition) is 1. The summed E-state index contributed by atoms with van der Waals surface area (Å²) in [5.41, 5.74) is 0.729. The van der Waals surface area contributed by atoms with Gasteiger partial charge in [-0.05, 0) is 41.3 Å². The van der Waals surface area contributed by atoms with Crippen LogP contribution in [0.1, 0.15) is 16.5 Å². The van der Waals surface area contributed by atoms with Crippen LogP contribution >= 0.6 is 11.3 Å². The molecule has 0 radical (unpaired) electrons. The fourth-order valence-corrected chi connectivity index (χ4v) is 4.95. The summed E-state index contributed by atoms with van der Waals surface area (Å²) in [6.07, 6.45) is 0. The third kappa shape index (κ3) is 3.71. The highest BCUT2D eigenvalue weighted by molar-refractivity contribution is 7.89. The minimum absolute atomic E-state index is 0.112. The van der Waals surface area contributed by atoms with E-state index in [9.17, 15) is 13.2 Å². The van der Waals surface area contributed by atoms with E-state index in [0.29, 0.717) is 11.0 Å². The van der Waals surface area contributed by atoms with Gasteiger partial charge in [0.25, 0.3) is 0 Å². The Morgan fingerprint density at radius 1 is 0.926 bits per heavy atom. The monoisotopic (exact) mass is 397 g/mol. The average molecular weight is 397 g/mol. The SMILES string of the molecule is O=c1ccc2cc(S(=O)(=O)NC(c3ccccc3)c3cccs3)ccc2o1. The molecule has 1 atom stereocenters. The van der Waals surface area contributed by atoms with Crippen LogP contribution in [-0.2, 0) is 10.0 Å². The predicted octanol–water partition coefficient (Wildman–Crippen LogP) is 3.92. The van der Waals surface area contributed by atoms with Gasteiger partial charge in [-0.25, -0.2) is 13.2 Å². The highest BCUT2D eigenvalue weighted by Gasteiger charge is 2.24. The first-order chi connectivity index (χ1) is 13.0. The lowest BCUT2D eigenvalue weighted by Crippen LogP contribution is -2.29. The maximum atomic E-state index is 13.0. The molecule has 2 aromatic carbocycles. The van der Waals surface area contributed by atoms with Crippen LogP contribution in [0.5, 0.6) is 0 Å². The molecule has 1 unspecified atom stereocenters. The van der Waals surface area contributed by atoms with Crippen LogP contribution in [0.4, 0.5) is 0 Å². The summed E-state index contributed by atoms with van der Waals surface area (Å²) in [4.78, 5) is 12.3. The van der Waals surface area contributed by atoms with Gasteiger partial charge in [-0.3, -0.25) is 0 Å². The zero-order valence-corrected chi connectivity index (χ0v) is 15.7. The quantitative estimate of drug-likeness (QED) is 0.518. The van der Waals surface area contributed by atoms with E-state index in [1.165, 1.54) is 35.6 Å². The average Bonchev–Trinajstić information content (AvgIpc) is 3.21. The predicted molar refractivity (Wildman–Crippen MR) is 105 cm³/mol. The third-order valence-electron chi connectivity index (χ3n) is 4.13. The molecule has 0 amide bonds. The van der Waals surface area contributed by atoms with Crippen LogP contribution in [0.2, 0.25) is 0 Å². The number of benzene rings is 2. The molecule has 136 valence electrons. The van der Waals surface area contributed by atoms with Gasteiger partial charge in [0.1, 0.15) is 5.58 Å². The fourth-order valence-electron chi connectivity index (χ4n) is 2.83. The molecular weight excluding hydrogens is 382 g/mol. The summed E-state index contributed by atoms with van der Waals surface area (Å²) in [5.74, 6) is 0. The van der Waals surface area contributed by atoms with E-state index in [1.807, 2.05) is 47.8 Å². The van der Waals surface area contributed by atoms with Crippen molar-refractivity contribution in [1.29, 1.82) is 0 Å². The Balaban J connectivity index is 1.74. The molecule has 0 spiro atoms. The van der Waals surface area contributed by atoms with Crippen molar-refractivity contribution in [3.05, 3.63) is 99.0 Å². The summed E-state index contributed by atoms with van der Waals surface area (Å²) in [5, 5.41) is 2.46. The van der Waals surface area contributed by atoms with Crippen molar-refractivity contribution in [2.24, 2.45) is 0 Å². The molecule has 2 heterocycles. The first-order valence-corrected chi connectivity index (χ1v) is 10.5. The molecule has 2 aromatic heterocycles. The van der Waals surface area contributed by atoms with E-state index in [1.54, 1.807) is 6.07 Å². The van der Waals surface area contributed by atoms with E-state index >= 15 is 0 Å². The van der Waals surface area contributed by atoms with Crippen molar-refractivity contribution < 1.29 is 12.8 Å². The number of fused-ring (bicyclic) bond motifs is 1. The van der Waals surface area contributed by atoms with Gasteiger partial charge in [-0.2, -0.15) is 4.72 Å². The van der Waals surface area contributed by atoms with E-state index in [-0.39, 0.29) is 4.90 Å². The van der Waals surface area contributed by atoms with Crippen LogP contribution in [0.15, 0.2) is 92.3 Å². The van der Waals surface area contributed by atoms with Gasteiger partial charge >= 0.3 is 5.63 Å². The van der Waals surface area contributed by atoms with Crippen LogP contribution in [-0.4, -0.2) is 8.42 Å². The molecular formula is C20H15NO4S2. The lowest BCUT2D eigenvalue weighted by atomic mass is 10.1. The van der Waals surface area contributed by atoms with Crippen molar-refractivity contribution in [2.45, 2.75) is 10.9 Å². The van der Waals surface area contributed by atoms with Gasteiger partial charge in [-0.15, -0.1) is 11.3 Å². The molecule has 4 aromatic rings. The van der Waals surface area contributed by atoms with Gasteiger partial charge in [0.05, 0.1) is 10.9 Å². The van der Waals surface area contributed by atoms with Gasteiger partial charge in [0.2, 0.25) is 10.0 Å². The topological polar surface area (TPSA) is 76.4 Å². The normalized spacial score (nSPS) is 12.9. The Hall–Kier alpha value is -2.74. The zero-order chi connectivity index (χ0) is 18.9.